The maximum absolute atomic E-state index is 12.8. The molecule has 0 spiro atoms. The van der Waals surface area contributed by atoms with Gasteiger partial charge in [0.15, 0.2) is 0 Å². The number of hydrogen-bond acceptors (Lipinski definition) is 6. The van der Waals surface area contributed by atoms with Crippen molar-refractivity contribution in [2.75, 3.05) is 0 Å². The molecule has 7 nitrogen and oxygen atoms in total. The van der Waals surface area contributed by atoms with Crippen molar-refractivity contribution in [1.82, 2.24) is 14.1 Å². The van der Waals surface area contributed by atoms with E-state index >= 15 is 0 Å². The van der Waals surface area contributed by atoms with E-state index in [2.05, 4.69) is 4.98 Å². The van der Waals surface area contributed by atoms with Crippen LogP contribution >= 0.6 is 24.2 Å². The molecule has 1 aliphatic rings. The van der Waals surface area contributed by atoms with E-state index in [-0.39, 0.29) is 37.7 Å². The van der Waals surface area contributed by atoms with Crippen molar-refractivity contribution in [3.05, 3.63) is 92.9 Å². The van der Waals surface area contributed by atoms with Crippen LogP contribution in [0, 0.1) is 0 Å². The molecule has 0 N–H and O–H groups in total. The van der Waals surface area contributed by atoms with Crippen LogP contribution in [-0.2, 0) is 29.2 Å². The van der Waals surface area contributed by atoms with Crippen molar-refractivity contribution in [2.45, 2.75) is 30.0 Å². The number of carbonyl (C=O) groups is 1. The fraction of sp³-hybridized carbons (Fsp3) is 0.200. The second-order valence-electron chi connectivity index (χ2n) is 6.36. The third kappa shape index (κ3) is 4.60. The molecule has 3 heterocycles. The highest BCUT2D eigenvalue weighted by Crippen LogP contribution is 2.30. The molecule has 0 saturated carbocycles. The lowest BCUT2D eigenvalue weighted by Crippen LogP contribution is -2.40. The summed E-state index contributed by atoms with van der Waals surface area (Å²) in [5.74, 6) is -0.410. The molecule has 1 unspecified atom stereocenters. The second-order valence-corrected chi connectivity index (χ2v) is 7.58. The largest absolute Gasteiger partial charge is 0.460 e. The van der Waals surface area contributed by atoms with Gasteiger partial charge in [0, 0.05) is 18.5 Å². The zero-order valence-corrected chi connectivity index (χ0v) is 16.9. The minimum absolute atomic E-state index is 0. The van der Waals surface area contributed by atoms with Gasteiger partial charge >= 0.3 is 11.7 Å². The minimum Gasteiger partial charge on any atom is -0.460 e. The predicted octanol–water partition coefficient (Wildman–Crippen LogP) is 2.09. The van der Waals surface area contributed by atoms with Gasteiger partial charge in [0.25, 0.3) is 5.56 Å². The van der Waals surface area contributed by atoms with Crippen molar-refractivity contribution >= 4 is 30.1 Å². The van der Waals surface area contributed by atoms with Crippen LogP contribution in [0.25, 0.3) is 0 Å². The summed E-state index contributed by atoms with van der Waals surface area (Å²) in [4.78, 5) is 41.5. The van der Waals surface area contributed by atoms with Crippen LogP contribution in [0.2, 0.25) is 0 Å². The normalized spacial score (nSPS) is 14.7. The number of benzene rings is 1. The highest BCUT2D eigenvalue weighted by Gasteiger charge is 2.31. The number of halogens is 1. The molecule has 29 heavy (non-hydrogen) atoms. The van der Waals surface area contributed by atoms with Crippen LogP contribution < -0.4 is 11.2 Å². The number of esters is 1. The first-order chi connectivity index (χ1) is 13.6. The molecule has 3 aromatic rings. The van der Waals surface area contributed by atoms with Gasteiger partial charge < -0.3 is 4.74 Å². The first-order valence-electron chi connectivity index (χ1n) is 8.72. The summed E-state index contributed by atoms with van der Waals surface area (Å²) < 4.78 is 8.00. The van der Waals surface area contributed by atoms with Crippen LogP contribution in [0.5, 0.6) is 0 Å². The Morgan fingerprint density at radius 2 is 1.83 bits per heavy atom. The zero-order chi connectivity index (χ0) is 19.5. The lowest BCUT2D eigenvalue weighted by Gasteiger charge is -2.09. The average Bonchev–Trinajstić information content (AvgIpc) is 3.15. The molecule has 0 radical (unpaired) electrons. The van der Waals surface area contributed by atoms with Crippen LogP contribution in [0.15, 0.2) is 75.5 Å². The molecule has 0 fully saturated rings. The van der Waals surface area contributed by atoms with Gasteiger partial charge in [-0.3, -0.25) is 23.7 Å². The molecule has 0 amide bonds. The molecule has 4 rings (SSSR count). The summed E-state index contributed by atoms with van der Waals surface area (Å²) in [7, 11) is 0. The highest BCUT2D eigenvalue weighted by atomic mass is 35.5. The van der Waals surface area contributed by atoms with Crippen LogP contribution in [-0.4, -0.2) is 25.3 Å². The molecule has 0 aliphatic carbocycles. The molecule has 150 valence electrons. The monoisotopic (exact) mass is 431 g/mol. The molecular weight excluding hydrogens is 414 g/mol. The lowest BCUT2D eigenvalue weighted by atomic mass is 10.2. The summed E-state index contributed by atoms with van der Waals surface area (Å²) in [6, 6.07) is 14.3. The van der Waals surface area contributed by atoms with E-state index in [9.17, 15) is 14.4 Å². The van der Waals surface area contributed by atoms with Crippen LogP contribution in [0.4, 0.5) is 0 Å². The molecule has 1 aliphatic heterocycles. The van der Waals surface area contributed by atoms with E-state index in [1.165, 1.54) is 27.0 Å². The first kappa shape index (κ1) is 20.9. The van der Waals surface area contributed by atoms with Crippen molar-refractivity contribution in [3.8, 4) is 0 Å². The average molecular weight is 432 g/mol. The maximum Gasteiger partial charge on any atom is 0.332 e. The van der Waals surface area contributed by atoms with Gasteiger partial charge in [-0.15, -0.1) is 12.4 Å². The zero-order valence-electron chi connectivity index (χ0n) is 15.3. The van der Waals surface area contributed by atoms with Gasteiger partial charge in [0.1, 0.15) is 11.9 Å². The lowest BCUT2D eigenvalue weighted by molar-refractivity contribution is -0.144. The number of carbonyl (C=O) groups excluding carboxylic acids is 1. The molecule has 0 saturated heterocycles. The number of fused-ring (bicyclic) bond motifs is 1. The van der Waals surface area contributed by atoms with Gasteiger partial charge in [-0.2, -0.15) is 0 Å². The predicted molar refractivity (Wildman–Crippen MR) is 111 cm³/mol. The van der Waals surface area contributed by atoms with Crippen molar-refractivity contribution in [3.63, 3.8) is 0 Å². The number of aromatic nitrogens is 3. The summed E-state index contributed by atoms with van der Waals surface area (Å²) >= 11 is 1.19. The Morgan fingerprint density at radius 1 is 1.10 bits per heavy atom. The molecular formula is C20H18ClN3O4S. The number of thioether (sulfide) groups is 1. The highest BCUT2D eigenvalue weighted by molar-refractivity contribution is 8.00. The topological polar surface area (TPSA) is 83.2 Å². The number of hydrogen-bond donors (Lipinski definition) is 0. The smallest absolute Gasteiger partial charge is 0.332 e. The third-order valence-electron chi connectivity index (χ3n) is 4.43. The fourth-order valence-electron chi connectivity index (χ4n) is 2.97. The van der Waals surface area contributed by atoms with E-state index in [1.807, 2.05) is 30.3 Å². The van der Waals surface area contributed by atoms with Crippen LogP contribution in [0.1, 0.15) is 11.1 Å². The Balaban J connectivity index is 0.00000240. The van der Waals surface area contributed by atoms with Gasteiger partial charge in [-0.05, 0) is 23.3 Å². The first-order valence-corrected chi connectivity index (χ1v) is 9.60. The molecule has 2 aromatic heterocycles. The third-order valence-corrected chi connectivity index (χ3v) is 5.63. The molecule has 1 aromatic carbocycles. The van der Waals surface area contributed by atoms with E-state index in [0.29, 0.717) is 5.03 Å². The maximum atomic E-state index is 12.8. The number of nitrogens with zero attached hydrogens (tertiary/aromatic N) is 3. The van der Waals surface area contributed by atoms with Gasteiger partial charge in [0.05, 0.1) is 18.1 Å². The number of ether oxygens (including phenoxy) is 1. The summed E-state index contributed by atoms with van der Waals surface area (Å²) in [6.07, 6.45) is 3.26. The minimum atomic E-state index is -0.554. The number of rotatable bonds is 5. The van der Waals surface area contributed by atoms with Gasteiger partial charge in [0.2, 0.25) is 0 Å². The van der Waals surface area contributed by atoms with Crippen molar-refractivity contribution in [2.24, 2.45) is 0 Å². The quantitative estimate of drug-likeness (QED) is 0.454. The standard InChI is InChI=1S/C20H17N3O4S.ClH/c24-17-10-18-23(20(26)22(17)11-14-4-2-1-3-5-14)12-16(28-18)19(25)27-13-15-6-8-21-9-7-15;/h1-10,16H,11-13H2;1H. The van der Waals surface area contributed by atoms with E-state index < -0.39 is 16.9 Å². The molecule has 9 heteroatoms. The number of pyridine rings is 1. The van der Waals surface area contributed by atoms with E-state index in [1.54, 1.807) is 24.5 Å². The Kier molecular flexibility index (Phi) is 6.56. The Morgan fingerprint density at radius 3 is 2.55 bits per heavy atom. The SMILES string of the molecule is Cl.O=C(OCc1ccncc1)C1Cn2c(cc(=O)n(Cc3ccccc3)c2=O)S1. The fourth-order valence-corrected chi connectivity index (χ4v) is 4.10. The summed E-state index contributed by atoms with van der Waals surface area (Å²) in [5.41, 5.74) is 0.909. The van der Waals surface area contributed by atoms with Gasteiger partial charge in [-0.1, -0.05) is 42.1 Å². The Hall–Kier alpha value is -2.84. The second kappa shape index (κ2) is 9.11. The summed E-state index contributed by atoms with van der Waals surface area (Å²) in [6.45, 7) is 0.522. The van der Waals surface area contributed by atoms with Gasteiger partial charge in [-0.25, -0.2) is 4.79 Å². The van der Waals surface area contributed by atoms with E-state index in [4.69, 9.17) is 4.74 Å². The van der Waals surface area contributed by atoms with E-state index in [0.717, 1.165) is 11.1 Å². The van der Waals surface area contributed by atoms with Crippen molar-refractivity contribution < 1.29 is 9.53 Å². The Labute approximate surface area is 176 Å². The molecule has 1 atom stereocenters. The Bertz CT molecular complexity index is 1120. The molecule has 0 bridgehead atoms. The summed E-state index contributed by atoms with van der Waals surface area (Å²) in [5, 5.41) is -0.0633. The van der Waals surface area contributed by atoms with Crippen LogP contribution in [0.3, 0.4) is 0 Å². The van der Waals surface area contributed by atoms with Crippen molar-refractivity contribution in [1.29, 1.82) is 0 Å².